The summed E-state index contributed by atoms with van der Waals surface area (Å²) in [5.41, 5.74) is -0.119. The Bertz CT molecular complexity index is 435. The van der Waals surface area contributed by atoms with Crippen molar-refractivity contribution >= 4 is 11.7 Å². The predicted molar refractivity (Wildman–Crippen MR) is 65.1 cm³/mol. The minimum absolute atomic E-state index is 0.0537. The summed E-state index contributed by atoms with van der Waals surface area (Å²) in [5, 5.41) is 9.61. The summed E-state index contributed by atoms with van der Waals surface area (Å²) in [5.74, 6) is 0.699. The Morgan fingerprint density at radius 3 is 2.71 bits per heavy atom. The van der Waals surface area contributed by atoms with Crippen molar-refractivity contribution in [3.05, 3.63) is 23.9 Å². The minimum atomic E-state index is -0.729. The zero-order chi connectivity index (χ0) is 12.6. The summed E-state index contributed by atoms with van der Waals surface area (Å²) in [4.78, 5) is 19.7. The Morgan fingerprint density at radius 2 is 2.18 bits per heavy atom. The topological polar surface area (TPSA) is 56.7 Å². The molecule has 2 rings (SSSR count). The van der Waals surface area contributed by atoms with E-state index in [4.69, 9.17) is 0 Å². The molecule has 1 amide bonds. The molecule has 5 heteroatoms. The SMILES string of the molecule is CN(C)c1cc(C(=O)N2CC(C)(O)C2)ccn1. The summed E-state index contributed by atoms with van der Waals surface area (Å²) in [6, 6.07) is 3.46. The van der Waals surface area contributed by atoms with Crippen LogP contribution in [0.4, 0.5) is 5.82 Å². The van der Waals surface area contributed by atoms with Crippen LogP contribution in [0.25, 0.3) is 0 Å². The third-order valence-corrected chi connectivity index (χ3v) is 2.80. The van der Waals surface area contributed by atoms with Gasteiger partial charge in [-0.25, -0.2) is 4.98 Å². The van der Waals surface area contributed by atoms with E-state index in [1.165, 1.54) is 0 Å². The number of rotatable bonds is 2. The van der Waals surface area contributed by atoms with Crippen molar-refractivity contribution in [1.29, 1.82) is 0 Å². The highest BCUT2D eigenvalue weighted by molar-refractivity contribution is 5.95. The Labute approximate surface area is 101 Å². The number of aromatic nitrogens is 1. The van der Waals surface area contributed by atoms with Crippen LogP contribution in [0.15, 0.2) is 18.3 Å². The van der Waals surface area contributed by atoms with Crippen molar-refractivity contribution in [1.82, 2.24) is 9.88 Å². The van der Waals surface area contributed by atoms with E-state index in [-0.39, 0.29) is 5.91 Å². The molecule has 0 spiro atoms. The molecule has 1 fully saturated rings. The molecule has 1 aliphatic rings. The molecule has 1 N–H and O–H groups in total. The second-order valence-electron chi connectivity index (χ2n) is 4.96. The fourth-order valence-electron chi connectivity index (χ4n) is 1.90. The molecule has 0 aliphatic carbocycles. The highest BCUT2D eigenvalue weighted by Gasteiger charge is 2.39. The van der Waals surface area contributed by atoms with Gasteiger partial charge in [0, 0.05) is 25.9 Å². The molecular formula is C12H17N3O2. The lowest BCUT2D eigenvalue weighted by Crippen LogP contribution is -2.61. The molecule has 17 heavy (non-hydrogen) atoms. The number of amides is 1. The van der Waals surface area contributed by atoms with Crippen molar-refractivity contribution in [2.45, 2.75) is 12.5 Å². The van der Waals surface area contributed by atoms with Gasteiger partial charge in [0.05, 0.1) is 18.7 Å². The monoisotopic (exact) mass is 235 g/mol. The van der Waals surface area contributed by atoms with Crippen LogP contribution in [0, 0.1) is 0 Å². The first kappa shape index (κ1) is 11.9. The zero-order valence-electron chi connectivity index (χ0n) is 10.3. The number of aliphatic hydroxyl groups is 1. The third kappa shape index (κ3) is 2.39. The lowest BCUT2D eigenvalue weighted by Gasteiger charge is -2.44. The Hall–Kier alpha value is -1.62. The van der Waals surface area contributed by atoms with E-state index >= 15 is 0 Å². The number of pyridine rings is 1. The van der Waals surface area contributed by atoms with Crippen LogP contribution in [-0.4, -0.2) is 53.7 Å². The molecule has 0 saturated carbocycles. The van der Waals surface area contributed by atoms with Gasteiger partial charge in [-0.15, -0.1) is 0 Å². The van der Waals surface area contributed by atoms with Gasteiger partial charge in [-0.05, 0) is 19.1 Å². The molecule has 0 atom stereocenters. The van der Waals surface area contributed by atoms with Gasteiger partial charge in [-0.3, -0.25) is 4.79 Å². The Balaban J connectivity index is 2.13. The Morgan fingerprint density at radius 1 is 1.53 bits per heavy atom. The van der Waals surface area contributed by atoms with E-state index in [2.05, 4.69) is 4.98 Å². The molecule has 92 valence electrons. The molecule has 1 aromatic rings. The van der Waals surface area contributed by atoms with Gasteiger partial charge in [0.15, 0.2) is 0 Å². The lowest BCUT2D eigenvalue weighted by atomic mass is 9.96. The van der Waals surface area contributed by atoms with Crippen LogP contribution in [0.5, 0.6) is 0 Å². The van der Waals surface area contributed by atoms with Gasteiger partial charge in [0.2, 0.25) is 0 Å². The van der Waals surface area contributed by atoms with Crippen molar-refractivity contribution in [2.24, 2.45) is 0 Å². The molecule has 1 aromatic heterocycles. The average Bonchev–Trinajstić information content (AvgIpc) is 2.25. The summed E-state index contributed by atoms with van der Waals surface area (Å²) < 4.78 is 0. The molecule has 0 radical (unpaired) electrons. The first-order valence-corrected chi connectivity index (χ1v) is 5.54. The average molecular weight is 235 g/mol. The molecule has 1 saturated heterocycles. The molecular weight excluding hydrogens is 218 g/mol. The molecule has 1 aliphatic heterocycles. The van der Waals surface area contributed by atoms with Crippen LogP contribution in [0.2, 0.25) is 0 Å². The number of β-amino-alcohol motifs (C(OH)–C–C–N with tert-alkyl or cyclic N) is 1. The van der Waals surface area contributed by atoms with Crippen molar-refractivity contribution in [3.63, 3.8) is 0 Å². The molecule has 0 bridgehead atoms. The molecule has 2 heterocycles. The van der Waals surface area contributed by atoms with Crippen molar-refractivity contribution in [3.8, 4) is 0 Å². The van der Waals surface area contributed by atoms with E-state index in [0.29, 0.717) is 18.7 Å². The van der Waals surface area contributed by atoms with Crippen LogP contribution >= 0.6 is 0 Å². The molecule has 5 nitrogen and oxygen atoms in total. The van der Waals surface area contributed by atoms with Crippen LogP contribution in [0.3, 0.4) is 0 Å². The van der Waals surface area contributed by atoms with Gasteiger partial charge in [0.25, 0.3) is 5.91 Å². The number of likely N-dealkylation sites (tertiary alicyclic amines) is 1. The van der Waals surface area contributed by atoms with E-state index < -0.39 is 5.60 Å². The number of carbonyl (C=O) groups excluding carboxylic acids is 1. The first-order chi connectivity index (χ1) is 7.89. The summed E-state index contributed by atoms with van der Waals surface area (Å²) in [7, 11) is 3.76. The van der Waals surface area contributed by atoms with E-state index in [1.807, 2.05) is 19.0 Å². The summed E-state index contributed by atoms with van der Waals surface area (Å²) in [6.45, 7) is 2.52. The largest absolute Gasteiger partial charge is 0.386 e. The van der Waals surface area contributed by atoms with E-state index in [9.17, 15) is 9.90 Å². The van der Waals surface area contributed by atoms with Gasteiger partial charge in [0.1, 0.15) is 5.82 Å². The standard InChI is InChI=1S/C12H17N3O2/c1-12(17)7-15(8-12)11(16)9-4-5-13-10(6-9)14(2)3/h4-6,17H,7-8H2,1-3H3. The lowest BCUT2D eigenvalue weighted by molar-refractivity contribution is -0.0668. The maximum Gasteiger partial charge on any atom is 0.254 e. The first-order valence-electron chi connectivity index (χ1n) is 5.54. The normalized spacial score (nSPS) is 17.5. The van der Waals surface area contributed by atoms with Gasteiger partial charge >= 0.3 is 0 Å². The molecule has 0 unspecified atom stereocenters. The fourth-order valence-corrected chi connectivity index (χ4v) is 1.90. The quantitative estimate of drug-likeness (QED) is 0.804. The second kappa shape index (κ2) is 4.00. The zero-order valence-corrected chi connectivity index (χ0v) is 10.3. The smallest absolute Gasteiger partial charge is 0.254 e. The van der Waals surface area contributed by atoms with Crippen molar-refractivity contribution < 1.29 is 9.90 Å². The van der Waals surface area contributed by atoms with Crippen LogP contribution < -0.4 is 4.90 Å². The number of hydrogen-bond acceptors (Lipinski definition) is 4. The van der Waals surface area contributed by atoms with Crippen molar-refractivity contribution in [2.75, 3.05) is 32.1 Å². The molecule has 0 aromatic carbocycles. The van der Waals surface area contributed by atoms with Crippen LogP contribution in [0.1, 0.15) is 17.3 Å². The maximum absolute atomic E-state index is 12.1. The number of hydrogen-bond donors (Lipinski definition) is 1. The van der Waals surface area contributed by atoms with Gasteiger partial charge in [-0.2, -0.15) is 0 Å². The third-order valence-electron chi connectivity index (χ3n) is 2.80. The maximum atomic E-state index is 12.1. The van der Waals surface area contributed by atoms with Crippen LogP contribution in [-0.2, 0) is 0 Å². The summed E-state index contributed by atoms with van der Waals surface area (Å²) >= 11 is 0. The Kier molecular flexibility index (Phi) is 2.79. The highest BCUT2D eigenvalue weighted by atomic mass is 16.3. The number of carbonyl (C=O) groups is 1. The van der Waals surface area contributed by atoms with E-state index in [0.717, 1.165) is 5.82 Å². The number of nitrogens with zero attached hydrogens (tertiary/aromatic N) is 3. The minimum Gasteiger partial charge on any atom is -0.386 e. The highest BCUT2D eigenvalue weighted by Crippen LogP contribution is 2.22. The summed E-state index contributed by atoms with van der Waals surface area (Å²) in [6.07, 6.45) is 1.63. The fraction of sp³-hybridized carbons (Fsp3) is 0.500. The second-order valence-corrected chi connectivity index (χ2v) is 4.96. The predicted octanol–water partition coefficient (Wildman–Crippen LogP) is 0.354. The van der Waals surface area contributed by atoms with E-state index in [1.54, 1.807) is 30.2 Å². The van der Waals surface area contributed by atoms with Gasteiger partial charge < -0.3 is 14.9 Å². The van der Waals surface area contributed by atoms with Gasteiger partial charge in [-0.1, -0.05) is 0 Å². The number of anilines is 1.